The smallest absolute Gasteiger partial charge is 0.00387 e. The van der Waals surface area contributed by atoms with Crippen molar-refractivity contribution in [2.75, 3.05) is 33.7 Å². The summed E-state index contributed by atoms with van der Waals surface area (Å²) in [6, 6.07) is 0. The highest BCUT2D eigenvalue weighted by Gasteiger charge is 2.20. The summed E-state index contributed by atoms with van der Waals surface area (Å²) in [6.45, 7) is 8.21. The molecule has 0 radical (unpaired) electrons. The first-order valence-electron chi connectivity index (χ1n) is 6.35. The fraction of sp³-hybridized carbons (Fsp3) is 1.00. The molecule has 90 valence electrons. The summed E-state index contributed by atoms with van der Waals surface area (Å²) in [5, 5.41) is 3.65. The van der Waals surface area contributed by atoms with E-state index in [1.54, 1.807) is 0 Å². The zero-order chi connectivity index (χ0) is 11.3. The highest BCUT2D eigenvalue weighted by molar-refractivity contribution is 4.76. The molecular weight excluding hydrogens is 184 g/mol. The van der Waals surface area contributed by atoms with E-state index in [2.05, 4.69) is 38.2 Å². The van der Waals surface area contributed by atoms with Gasteiger partial charge in [0.05, 0.1) is 0 Å². The van der Waals surface area contributed by atoms with Crippen LogP contribution in [0.2, 0.25) is 0 Å². The van der Waals surface area contributed by atoms with Crippen molar-refractivity contribution < 1.29 is 0 Å². The van der Waals surface area contributed by atoms with Crippen LogP contribution in [0.25, 0.3) is 0 Å². The molecule has 0 saturated heterocycles. The van der Waals surface area contributed by atoms with Gasteiger partial charge in [-0.2, -0.15) is 0 Å². The van der Waals surface area contributed by atoms with E-state index in [1.165, 1.54) is 32.2 Å². The van der Waals surface area contributed by atoms with Gasteiger partial charge in [-0.05, 0) is 44.8 Å². The molecule has 1 saturated carbocycles. The van der Waals surface area contributed by atoms with Gasteiger partial charge in [0.1, 0.15) is 0 Å². The van der Waals surface area contributed by atoms with Gasteiger partial charge in [0.15, 0.2) is 0 Å². The topological polar surface area (TPSA) is 15.3 Å². The lowest BCUT2D eigenvalue weighted by atomic mass is 9.92. The van der Waals surface area contributed by atoms with Gasteiger partial charge in [0.2, 0.25) is 0 Å². The molecule has 2 nitrogen and oxygen atoms in total. The Bertz CT molecular complexity index is 169. The van der Waals surface area contributed by atoms with Crippen molar-refractivity contribution in [1.82, 2.24) is 10.2 Å². The Kier molecular flexibility index (Phi) is 5.07. The Morgan fingerprint density at radius 3 is 2.33 bits per heavy atom. The highest BCUT2D eigenvalue weighted by atomic mass is 15.1. The SMILES string of the molecule is CN(C)CC(C)(C)CNCC1CCCC1. The van der Waals surface area contributed by atoms with Crippen LogP contribution in [0.4, 0.5) is 0 Å². The van der Waals surface area contributed by atoms with Gasteiger partial charge in [-0.1, -0.05) is 26.7 Å². The Morgan fingerprint density at radius 2 is 1.80 bits per heavy atom. The second-order valence-corrected chi connectivity index (χ2v) is 6.18. The third kappa shape index (κ3) is 5.53. The maximum absolute atomic E-state index is 3.65. The van der Waals surface area contributed by atoms with Crippen molar-refractivity contribution in [2.24, 2.45) is 11.3 Å². The van der Waals surface area contributed by atoms with Crippen LogP contribution in [0, 0.1) is 11.3 Å². The molecule has 0 spiro atoms. The van der Waals surface area contributed by atoms with Crippen molar-refractivity contribution in [1.29, 1.82) is 0 Å². The first kappa shape index (κ1) is 13.0. The fourth-order valence-corrected chi connectivity index (χ4v) is 2.74. The summed E-state index contributed by atoms with van der Waals surface area (Å²) in [6.07, 6.45) is 5.79. The molecule has 0 heterocycles. The molecule has 0 atom stereocenters. The van der Waals surface area contributed by atoms with Crippen LogP contribution in [0.3, 0.4) is 0 Å². The van der Waals surface area contributed by atoms with Crippen LogP contribution < -0.4 is 5.32 Å². The van der Waals surface area contributed by atoms with E-state index in [4.69, 9.17) is 0 Å². The number of rotatable bonds is 6. The summed E-state index contributed by atoms with van der Waals surface area (Å²) in [5.74, 6) is 0.958. The van der Waals surface area contributed by atoms with Gasteiger partial charge in [-0.15, -0.1) is 0 Å². The lowest BCUT2D eigenvalue weighted by Gasteiger charge is -2.29. The van der Waals surface area contributed by atoms with Gasteiger partial charge in [-0.25, -0.2) is 0 Å². The second kappa shape index (κ2) is 5.86. The standard InChI is InChI=1S/C13H28N2/c1-13(2,11-15(3)4)10-14-9-12-7-5-6-8-12/h12,14H,5-11H2,1-4H3. The van der Waals surface area contributed by atoms with E-state index in [1.807, 2.05) is 0 Å². The first-order valence-corrected chi connectivity index (χ1v) is 6.35. The number of nitrogens with zero attached hydrogens (tertiary/aromatic N) is 1. The van der Waals surface area contributed by atoms with E-state index >= 15 is 0 Å². The van der Waals surface area contributed by atoms with Crippen LogP contribution in [0.5, 0.6) is 0 Å². The summed E-state index contributed by atoms with van der Waals surface area (Å²) >= 11 is 0. The van der Waals surface area contributed by atoms with Gasteiger partial charge in [0, 0.05) is 13.1 Å². The third-order valence-electron chi connectivity index (χ3n) is 3.26. The van der Waals surface area contributed by atoms with Crippen LogP contribution in [-0.2, 0) is 0 Å². The Labute approximate surface area is 95.4 Å². The van der Waals surface area contributed by atoms with Crippen molar-refractivity contribution in [3.05, 3.63) is 0 Å². The van der Waals surface area contributed by atoms with Gasteiger partial charge in [-0.3, -0.25) is 0 Å². The molecule has 1 N–H and O–H groups in total. The van der Waals surface area contributed by atoms with Gasteiger partial charge >= 0.3 is 0 Å². The van der Waals surface area contributed by atoms with Crippen molar-refractivity contribution >= 4 is 0 Å². The minimum absolute atomic E-state index is 0.391. The molecule has 1 aliphatic carbocycles. The Hall–Kier alpha value is -0.0800. The highest BCUT2D eigenvalue weighted by Crippen LogP contribution is 2.24. The quantitative estimate of drug-likeness (QED) is 0.727. The van der Waals surface area contributed by atoms with Crippen molar-refractivity contribution in [2.45, 2.75) is 39.5 Å². The van der Waals surface area contributed by atoms with Gasteiger partial charge in [0.25, 0.3) is 0 Å². The second-order valence-electron chi connectivity index (χ2n) is 6.18. The van der Waals surface area contributed by atoms with Crippen LogP contribution in [0.15, 0.2) is 0 Å². The first-order chi connectivity index (χ1) is 6.99. The summed E-state index contributed by atoms with van der Waals surface area (Å²) < 4.78 is 0. The van der Waals surface area contributed by atoms with E-state index in [-0.39, 0.29) is 0 Å². The predicted molar refractivity (Wildman–Crippen MR) is 67.2 cm³/mol. The lowest BCUT2D eigenvalue weighted by Crippen LogP contribution is -2.38. The van der Waals surface area contributed by atoms with Crippen LogP contribution in [-0.4, -0.2) is 38.6 Å². The maximum atomic E-state index is 3.65. The monoisotopic (exact) mass is 212 g/mol. The number of hydrogen-bond donors (Lipinski definition) is 1. The molecule has 0 unspecified atom stereocenters. The minimum Gasteiger partial charge on any atom is -0.316 e. The zero-order valence-corrected chi connectivity index (χ0v) is 11.0. The molecule has 0 amide bonds. The third-order valence-corrected chi connectivity index (χ3v) is 3.26. The molecule has 0 aromatic carbocycles. The average Bonchev–Trinajstić information content (AvgIpc) is 2.53. The fourth-order valence-electron chi connectivity index (χ4n) is 2.74. The van der Waals surface area contributed by atoms with Gasteiger partial charge < -0.3 is 10.2 Å². The predicted octanol–water partition coefficient (Wildman–Crippen LogP) is 2.35. The van der Waals surface area contributed by atoms with Crippen molar-refractivity contribution in [3.8, 4) is 0 Å². The molecule has 2 heteroatoms. The zero-order valence-electron chi connectivity index (χ0n) is 11.0. The molecule has 0 aliphatic heterocycles. The molecule has 0 aromatic rings. The maximum Gasteiger partial charge on any atom is 0.00387 e. The van der Waals surface area contributed by atoms with E-state index in [0.717, 1.165) is 19.0 Å². The lowest BCUT2D eigenvalue weighted by molar-refractivity contribution is 0.229. The van der Waals surface area contributed by atoms with Crippen molar-refractivity contribution in [3.63, 3.8) is 0 Å². The molecule has 1 aliphatic rings. The van der Waals surface area contributed by atoms with E-state index in [0.29, 0.717) is 5.41 Å². The van der Waals surface area contributed by atoms with Crippen LogP contribution in [0.1, 0.15) is 39.5 Å². The van der Waals surface area contributed by atoms with E-state index < -0.39 is 0 Å². The number of hydrogen-bond acceptors (Lipinski definition) is 2. The molecule has 1 rings (SSSR count). The minimum atomic E-state index is 0.391. The van der Waals surface area contributed by atoms with Crippen LogP contribution >= 0.6 is 0 Å². The Morgan fingerprint density at radius 1 is 1.20 bits per heavy atom. The molecule has 0 bridgehead atoms. The van der Waals surface area contributed by atoms with E-state index in [9.17, 15) is 0 Å². The number of nitrogens with one attached hydrogen (secondary N) is 1. The molecule has 0 aromatic heterocycles. The summed E-state index contributed by atoms with van der Waals surface area (Å²) in [5.41, 5.74) is 0.391. The largest absolute Gasteiger partial charge is 0.316 e. The average molecular weight is 212 g/mol. The molecule has 15 heavy (non-hydrogen) atoms. The molecular formula is C13H28N2. The summed E-state index contributed by atoms with van der Waals surface area (Å²) in [4.78, 5) is 2.28. The molecule has 1 fully saturated rings. The Balaban J connectivity index is 2.11. The summed E-state index contributed by atoms with van der Waals surface area (Å²) in [7, 11) is 4.30. The normalized spacial score (nSPS) is 19.0.